The predicted molar refractivity (Wildman–Crippen MR) is 169 cm³/mol. The van der Waals surface area contributed by atoms with Crippen LogP contribution in [-0.2, 0) is 49.8 Å². The number of nitrogens with zero attached hydrogens (tertiary/aromatic N) is 3. The van der Waals surface area contributed by atoms with Crippen molar-refractivity contribution in [3.8, 4) is 5.75 Å². The van der Waals surface area contributed by atoms with Gasteiger partial charge in [0.2, 0.25) is 23.6 Å². The van der Waals surface area contributed by atoms with E-state index in [1.807, 2.05) is 0 Å². The molecule has 0 saturated heterocycles. The average Bonchev–Trinajstić information content (AvgIpc) is 3.50. The first-order valence-corrected chi connectivity index (χ1v) is 15.3. The summed E-state index contributed by atoms with van der Waals surface area (Å²) in [4.78, 5) is 65.2. The van der Waals surface area contributed by atoms with Crippen LogP contribution in [0.15, 0.2) is 60.8 Å². The molecule has 0 saturated carbocycles. The summed E-state index contributed by atoms with van der Waals surface area (Å²) in [6.45, 7) is 3.66. The molecule has 15 heteroatoms. The van der Waals surface area contributed by atoms with Crippen LogP contribution in [-0.4, -0.2) is 93.6 Å². The number of benzene rings is 2. The quantitative estimate of drug-likeness (QED) is 0.186. The van der Waals surface area contributed by atoms with E-state index in [9.17, 15) is 29.1 Å². The smallest absolute Gasteiger partial charge is 0.326 e. The number of aliphatic carboxylic acids is 1. The average molecular weight is 649 g/mol. The standard InChI is InChI=1S/C32H40N8O7/c1-19(33-3)28(41)36-26-17-23-18-40(39-38-23)13-14-47-24-11-9-22(10-12-24)16-27(32(45)46)37-31(44)25(15-21-7-5-4-6-8-21)35-29(42)20(2)34-30(26)43/h4-12,18-20,25-27,33H,13-17H2,1-3H3,(H,34,43)(H,35,42)(H,36,41)(H,37,44)(H,45,46). The minimum Gasteiger partial charge on any atom is -0.492 e. The first kappa shape index (κ1) is 34.6. The second-order valence-corrected chi connectivity index (χ2v) is 11.3. The van der Waals surface area contributed by atoms with Gasteiger partial charge in [-0.1, -0.05) is 47.7 Å². The van der Waals surface area contributed by atoms with Crippen LogP contribution in [0.3, 0.4) is 0 Å². The second kappa shape index (κ2) is 16.3. The summed E-state index contributed by atoms with van der Waals surface area (Å²) in [7, 11) is 1.61. The molecule has 2 aromatic carbocycles. The highest BCUT2D eigenvalue weighted by Crippen LogP contribution is 2.15. The van der Waals surface area contributed by atoms with Crippen LogP contribution in [0, 0.1) is 0 Å². The third-order valence-corrected chi connectivity index (χ3v) is 7.69. The van der Waals surface area contributed by atoms with Gasteiger partial charge in [0, 0.05) is 25.5 Å². The fourth-order valence-corrected chi connectivity index (χ4v) is 4.81. The monoisotopic (exact) mass is 648 g/mol. The number of carbonyl (C=O) groups is 5. The second-order valence-electron chi connectivity index (χ2n) is 11.3. The number of hydrogen-bond acceptors (Lipinski definition) is 9. The number of nitrogens with one attached hydrogen (secondary N) is 5. The van der Waals surface area contributed by atoms with Gasteiger partial charge in [-0.2, -0.15) is 0 Å². The summed E-state index contributed by atoms with van der Waals surface area (Å²) in [5.74, 6) is -3.17. The molecular formula is C32H40N8O7. The Balaban J connectivity index is 1.63. The Morgan fingerprint density at radius 1 is 1.00 bits per heavy atom. The Labute approximate surface area is 271 Å². The number of amides is 4. The molecule has 5 atom stereocenters. The summed E-state index contributed by atoms with van der Waals surface area (Å²) >= 11 is 0. The lowest BCUT2D eigenvalue weighted by Gasteiger charge is -2.25. The zero-order valence-corrected chi connectivity index (χ0v) is 26.4. The number of carbonyl (C=O) groups excluding carboxylic acids is 4. The molecule has 5 rings (SSSR count). The molecule has 0 radical (unpaired) electrons. The number of rotatable bonds is 6. The SMILES string of the molecule is CNC(C)C(=O)NC1Cc2cn(nn2)CCOc2ccc(cc2)CC(C(=O)O)NC(=O)C(Cc2ccccc2)NC(=O)C(C)NC1=O. The number of carboxylic acid groups (broad SMARTS) is 1. The summed E-state index contributed by atoms with van der Waals surface area (Å²) in [5.41, 5.74) is 1.81. The molecular weight excluding hydrogens is 608 g/mol. The van der Waals surface area contributed by atoms with E-state index in [1.165, 1.54) is 6.92 Å². The molecule has 6 N–H and O–H groups in total. The molecule has 4 amide bonds. The first-order valence-electron chi connectivity index (χ1n) is 15.3. The zero-order valence-electron chi connectivity index (χ0n) is 26.4. The van der Waals surface area contributed by atoms with Crippen LogP contribution < -0.4 is 31.3 Å². The van der Waals surface area contributed by atoms with Crippen molar-refractivity contribution in [2.45, 2.75) is 69.9 Å². The van der Waals surface area contributed by atoms with Crippen molar-refractivity contribution in [3.63, 3.8) is 0 Å². The molecule has 0 fully saturated rings. The van der Waals surface area contributed by atoms with Gasteiger partial charge in [-0.15, -0.1) is 5.10 Å². The third kappa shape index (κ3) is 10.1. The molecule has 15 nitrogen and oxygen atoms in total. The lowest BCUT2D eigenvalue weighted by Crippen LogP contribution is -2.58. The molecule has 47 heavy (non-hydrogen) atoms. The van der Waals surface area contributed by atoms with Gasteiger partial charge in [0.1, 0.15) is 36.5 Å². The fraction of sp³-hybridized carbons (Fsp3) is 0.406. The van der Waals surface area contributed by atoms with Gasteiger partial charge in [0.15, 0.2) is 0 Å². The first-order chi connectivity index (χ1) is 22.5. The Hall–Kier alpha value is -5.31. The van der Waals surface area contributed by atoms with Gasteiger partial charge < -0.3 is 36.4 Å². The van der Waals surface area contributed by atoms with Crippen LogP contribution in [0.25, 0.3) is 0 Å². The maximum Gasteiger partial charge on any atom is 0.326 e. The van der Waals surface area contributed by atoms with E-state index in [1.54, 1.807) is 79.4 Å². The molecule has 1 aromatic heterocycles. The normalized spacial score (nSPS) is 21.9. The molecule has 250 valence electrons. The van der Waals surface area contributed by atoms with Crippen molar-refractivity contribution in [1.29, 1.82) is 0 Å². The highest BCUT2D eigenvalue weighted by molar-refractivity contribution is 5.95. The Bertz CT molecular complexity index is 1550. The summed E-state index contributed by atoms with van der Waals surface area (Å²) < 4.78 is 7.36. The van der Waals surface area contributed by atoms with Gasteiger partial charge in [-0.3, -0.25) is 19.2 Å². The molecule has 0 aliphatic carbocycles. The minimum absolute atomic E-state index is 0.0131. The number of ether oxygens (including phenoxy) is 1. The molecule has 4 bridgehead atoms. The van der Waals surface area contributed by atoms with E-state index in [-0.39, 0.29) is 25.9 Å². The number of fused-ring (bicyclic) bond motifs is 15. The molecule has 2 aliphatic heterocycles. The molecule has 5 unspecified atom stereocenters. The van der Waals surface area contributed by atoms with Crippen LogP contribution >= 0.6 is 0 Å². The van der Waals surface area contributed by atoms with Gasteiger partial charge in [0.05, 0.1) is 18.3 Å². The predicted octanol–water partition coefficient (Wildman–Crippen LogP) is -0.650. The number of carboxylic acids is 1. The lowest BCUT2D eigenvalue weighted by atomic mass is 10.0. The van der Waals surface area contributed by atoms with Crippen molar-refractivity contribution >= 4 is 29.6 Å². The highest BCUT2D eigenvalue weighted by Gasteiger charge is 2.31. The largest absolute Gasteiger partial charge is 0.492 e. The number of aromatic nitrogens is 3. The molecule has 3 heterocycles. The van der Waals surface area contributed by atoms with E-state index in [0.29, 0.717) is 23.6 Å². The van der Waals surface area contributed by atoms with E-state index >= 15 is 0 Å². The van der Waals surface area contributed by atoms with Crippen molar-refractivity contribution in [1.82, 2.24) is 41.6 Å². The van der Waals surface area contributed by atoms with Crippen LogP contribution in [0.5, 0.6) is 5.75 Å². The summed E-state index contributed by atoms with van der Waals surface area (Å²) in [6, 6.07) is 10.5. The zero-order chi connectivity index (χ0) is 33.9. The van der Waals surface area contributed by atoms with Gasteiger partial charge >= 0.3 is 5.97 Å². The molecule has 2 aliphatic rings. The van der Waals surface area contributed by atoms with Crippen LogP contribution in [0.4, 0.5) is 0 Å². The number of hydrogen-bond donors (Lipinski definition) is 6. The minimum atomic E-state index is -1.29. The third-order valence-electron chi connectivity index (χ3n) is 7.69. The van der Waals surface area contributed by atoms with E-state index in [2.05, 4.69) is 36.9 Å². The van der Waals surface area contributed by atoms with E-state index < -0.39 is 59.8 Å². The number of likely N-dealkylation sites (N-methyl/N-ethyl adjacent to an activating group) is 1. The van der Waals surface area contributed by atoms with E-state index in [0.717, 1.165) is 5.56 Å². The van der Waals surface area contributed by atoms with Crippen molar-refractivity contribution in [2.24, 2.45) is 0 Å². The Morgan fingerprint density at radius 3 is 2.40 bits per heavy atom. The topological polar surface area (TPSA) is 206 Å². The van der Waals surface area contributed by atoms with Gasteiger partial charge in [-0.05, 0) is 44.2 Å². The molecule has 0 spiro atoms. The maximum atomic E-state index is 13.5. The summed E-state index contributed by atoms with van der Waals surface area (Å²) in [6.07, 6.45) is 1.68. The van der Waals surface area contributed by atoms with Crippen molar-refractivity contribution in [3.05, 3.63) is 77.6 Å². The van der Waals surface area contributed by atoms with E-state index in [4.69, 9.17) is 4.74 Å². The fourth-order valence-electron chi connectivity index (χ4n) is 4.81. The lowest BCUT2D eigenvalue weighted by molar-refractivity contribution is -0.142. The van der Waals surface area contributed by atoms with Crippen LogP contribution in [0.1, 0.15) is 30.7 Å². The maximum absolute atomic E-state index is 13.5. The Morgan fingerprint density at radius 2 is 1.72 bits per heavy atom. The van der Waals surface area contributed by atoms with Crippen molar-refractivity contribution < 1.29 is 33.8 Å². The van der Waals surface area contributed by atoms with Gasteiger partial charge in [0.25, 0.3) is 0 Å². The highest BCUT2D eigenvalue weighted by atomic mass is 16.5. The Kier molecular flexibility index (Phi) is 12.0. The van der Waals surface area contributed by atoms with Crippen molar-refractivity contribution in [2.75, 3.05) is 13.7 Å². The summed E-state index contributed by atoms with van der Waals surface area (Å²) in [5, 5.41) is 31.5. The van der Waals surface area contributed by atoms with Gasteiger partial charge in [-0.25, -0.2) is 9.48 Å². The van der Waals surface area contributed by atoms with Crippen LogP contribution in [0.2, 0.25) is 0 Å². The molecule has 3 aromatic rings.